The fourth-order valence-corrected chi connectivity index (χ4v) is 3.36. The molecule has 1 aliphatic rings. The van der Waals surface area contributed by atoms with Crippen molar-refractivity contribution >= 4 is 0 Å². The second-order valence-electron chi connectivity index (χ2n) is 6.46. The van der Waals surface area contributed by atoms with Gasteiger partial charge in [-0.1, -0.05) is 6.42 Å². The van der Waals surface area contributed by atoms with Gasteiger partial charge in [0.15, 0.2) is 0 Å². The van der Waals surface area contributed by atoms with E-state index in [9.17, 15) is 0 Å². The first-order valence-electron chi connectivity index (χ1n) is 7.98. The summed E-state index contributed by atoms with van der Waals surface area (Å²) in [4.78, 5) is 2.60. The molecule has 1 aromatic rings. The van der Waals surface area contributed by atoms with Crippen molar-refractivity contribution in [2.24, 2.45) is 7.05 Å². The number of piperidine rings is 1. The quantitative estimate of drug-likeness (QED) is 0.899. The largest absolute Gasteiger partial charge is 0.313 e. The van der Waals surface area contributed by atoms with E-state index in [0.29, 0.717) is 18.1 Å². The lowest BCUT2D eigenvalue weighted by molar-refractivity contribution is 0.137. The Kier molecular flexibility index (Phi) is 5.22. The molecule has 0 aromatic carbocycles. The average molecular weight is 278 g/mol. The average Bonchev–Trinajstić information content (AvgIpc) is 2.75. The molecule has 0 amide bonds. The SMILES string of the molecule is Cc1nn(C)cc1C(C)N(CC1CCCCN1)C(C)C. The van der Waals surface area contributed by atoms with Gasteiger partial charge in [0.2, 0.25) is 0 Å². The molecule has 1 saturated heterocycles. The maximum Gasteiger partial charge on any atom is 0.0641 e. The second kappa shape index (κ2) is 6.72. The van der Waals surface area contributed by atoms with Crippen LogP contribution in [-0.2, 0) is 7.05 Å². The highest BCUT2D eigenvalue weighted by Crippen LogP contribution is 2.25. The third-order valence-electron chi connectivity index (χ3n) is 4.51. The molecule has 0 bridgehead atoms. The second-order valence-corrected chi connectivity index (χ2v) is 6.46. The number of nitrogens with one attached hydrogen (secondary N) is 1. The van der Waals surface area contributed by atoms with Crippen molar-refractivity contribution in [1.82, 2.24) is 20.0 Å². The highest BCUT2D eigenvalue weighted by Gasteiger charge is 2.25. The monoisotopic (exact) mass is 278 g/mol. The zero-order valence-electron chi connectivity index (χ0n) is 13.7. The van der Waals surface area contributed by atoms with Gasteiger partial charge in [0.05, 0.1) is 5.69 Å². The Morgan fingerprint density at radius 3 is 2.65 bits per heavy atom. The Morgan fingerprint density at radius 1 is 1.40 bits per heavy atom. The summed E-state index contributed by atoms with van der Waals surface area (Å²) in [6, 6.07) is 1.62. The van der Waals surface area contributed by atoms with Crippen LogP contribution in [0.25, 0.3) is 0 Å². The molecule has 114 valence electrons. The van der Waals surface area contributed by atoms with Crippen LogP contribution in [0.3, 0.4) is 0 Å². The van der Waals surface area contributed by atoms with Crippen molar-refractivity contribution in [3.05, 3.63) is 17.5 Å². The summed E-state index contributed by atoms with van der Waals surface area (Å²) in [6.07, 6.45) is 6.17. The van der Waals surface area contributed by atoms with Crippen LogP contribution in [0.4, 0.5) is 0 Å². The maximum absolute atomic E-state index is 4.50. The van der Waals surface area contributed by atoms with Crippen LogP contribution in [0.15, 0.2) is 6.20 Å². The molecule has 1 N–H and O–H groups in total. The number of rotatable bonds is 5. The molecule has 2 unspecified atom stereocenters. The fraction of sp³-hybridized carbons (Fsp3) is 0.812. The van der Waals surface area contributed by atoms with Crippen molar-refractivity contribution < 1.29 is 0 Å². The lowest BCUT2D eigenvalue weighted by Crippen LogP contribution is -2.46. The molecule has 0 saturated carbocycles. The molecule has 2 rings (SSSR count). The molecule has 4 heteroatoms. The molecular formula is C16H30N4. The van der Waals surface area contributed by atoms with Gasteiger partial charge in [-0.3, -0.25) is 9.58 Å². The van der Waals surface area contributed by atoms with Crippen molar-refractivity contribution in [2.45, 2.75) is 65.1 Å². The third kappa shape index (κ3) is 3.61. The first-order valence-corrected chi connectivity index (χ1v) is 7.98. The van der Waals surface area contributed by atoms with Crippen molar-refractivity contribution in [3.8, 4) is 0 Å². The molecule has 0 aliphatic carbocycles. The summed E-state index contributed by atoms with van der Waals surface area (Å²) < 4.78 is 1.93. The van der Waals surface area contributed by atoms with E-state index in [1.807, 2.05) is 11.7 Å². The molecule has 1 aromatic heterocycles. The van der Waals surface area contributed by atoms with Crippen LogP contribution in [0.2, 0.25) is 0 Å². The van der Waals surface area contributed by atoms with E-state index < -0.39 is 0 Å². The molecule has 4 nitrogen and oxygen atoms in total. The smallest absolute Gasteiger partial charge is 0.0641 e. The molecule has 2 atom stereocenters. The predicted octanol–water partition coefficient (Wildman–Crippen LogP) is 2.64. The molecule has 2 heterocycles. The van der Waals surface area contributed by atoms with Gasteiger partial charge < -0.3 is 5.32 Å². The fourth-order valence-electron chi connectivity index (χ4n) is 3.36. The minimum atomic E-state index is 0.424. The Morgan fingerprint density at radius 2 is 2.15 bits per heavy atom. The van der Waals surface area contributed by atoms with Crippen molar-refractivity contribution in [1.29, 1.82) is 0 Å². The van der Waals surface area contributed by atoms with Gasteiger partial charge in [0.1, 0.15) is 0 Å². The van der Waals surface area contributed by atoms with Crippen LogP contribution in [-0.4, -0.2) is 39.9 Å². The van der Waals surface area contributed by atoms with E-state index in [1.54, 1.807) is 0 Å². The standard InChI is InChI=1S/C16H30N4/c1-12(2)20(10-15-8-6-7-9-17-15)14(4)16-11-19(5)18-13(16)3/h11-12,14-15,17H,6-10H2,1-5H3. The third-order valence-corrected chi connectivity index (χ3v) is 4.51. The van der Waals surface area contributed by atoms with Crippen LogP contribution in [0.5, 0.6) is 0 Å². The lowest BCUT2D eigenvalue weighted by Gasteiger charge is -2.37. The Hall–Kier alpha value is -0.870. The number of hydrogen-bond acceptors (Lipinski definition) is 3. The molecule has 1 fully saturated rings. The van der Waals surface area contributed by atoms with Gasteiger partial charge in [-0.05, 0) is 47.1 Å². The van der Waals surface area contributed by atoms with E-state index in [0.717, 1.165) is 12.2 Å². The Bertz CT molecular complexity index is 418. The van der Waals surface area contributed by atoms with Crippen LogP contribution >= 0.6 is 0 Å². The zero-order valence-corrected chi connectivity index (χ0v) is 13.7. The van der Waals surface area contributed by atoms with E-state index in [1.165, 1.54) is 31.4 Å². The highest BCUT2D eigenvalue weighted by atomic mass is 15.3. The molecular weight excluding hydrogens is 248 g/mol. The van der Waals surface area contributed by atoms with E-state index >= 15 is 0 Å². The lowest BCUT2D eigenvalue weighted by atomic mass is 10.0. The summed E-state index contributed by atoms with van der Waals surface area (Å²) >= 11 is 0. The molecule has 20 heavy (non-hydrogen) atoms. The van der Waals surface area contributed by atoms with Crippen LogP contribution in [0.1, 0.15) is 57.3 Å². The topological polar surface area (TPSA) is 33.1 Å². The predicted molar refractivity (Wildman–Crippen MR) is 83.8 cm³/mol. The van der Waals surface area contributed by atoms with Gasteiger partial charge in [0.25, 0.3) is 0 Å². The summed E-state index contributed by atoms with van der Waals surface area (Å²) in [5.74, 6) is 0. The molecule has 0 radical (unpaired) electrons. The first kappa shape index (κ1) is 15.5. The Balaban J connectivity index is 2.09. The normalized spacial score (nSPS) is 21.6. The van der Waals surface area contributed by atoms with Crippen molar-refractivity contribution in [3.63, 3.8) is 0 Å². The van der Waals surface area contributed by atoms with Crippen LogP contribution in [0, 0.1) is 6.92 Å². The van der Waals surface area contributed by atoms with Gasteiger partial charge >= 0.3 is 0 Å². The summed E-state index contributed by atoms with van der Waals surface area (Å²) in [5, 5.41) is 8.16. The first-order chi connectivity index (χ1) is 9.49. The van der Waals surface area contributed by atoms with Gasteiger partial charge in [-0.15, -0.1) is 0 Å². The van der Waals surface area contributed by atoms with Crippen molar-refractivity contribution in [2.75, 3.05) is 13.1 Å². The summed E-state index contributed by atoms with van der Waals surface area (Å²) in [6.45, 7) is 11.3. The number of aryl methyl sites for hydroxylation is 2. The number of aromatic nitrogens is 2. The Labute approximate surface area is 123 Å². The highest BCUT2D eigenvalue weighted by molar-refractivity contribution is 5.19. The van der Waals surface area contributed by atoms with E-state index in [-0.39, 0.29) is 0 Å². The zero-order chi connectivity index (χ0) is 14.7. The van der Waals surface area contributed by atoms with E-state index in [2.05, 4.69) is 49.2 Å². The number of hydrogen-bond donors (Lipinski definition) is 1. The van der Waals surface area contributed by atoms with Gasteiger partial charge in [-0.25, -0.2) is 0 Å². The minimum absolute atomic E-state index is 0.424. The summed E-state index contributed by atoms with van der Waals surface area (Å²) in [7, 11) is 2.01. The molecule has 0 spiro atoms. The molecule has 1 aliphatic heterocycles. The summed E-state index contributed by atoms with van der Waals surface area (Å²) in [5.41, 5.74) is 2.51. The van der Waals surface area contributed by atoms with Crippen LogP contribution < -0.4 is 5.32 Å². The maximum atomic E-state index is 4.50. The van der Waals surface area contributed by atoms with Gasteiger partial charge in [0, 0.05) is 43.5 Å². The van der Waals surface area contributed by atoms with E-state index in [4.69, 9.17) is 0 Å². The number of nitrogens with zero attached hydrogens (tertiary/aromatic N) is 3. The van der Waals surface area contributed by atoms with Gasteiger partial charge in [-0.2, -0.15) is 5.10 Å². The minimum Gasteiger partial charge on any atom is -0.313 e.